The van der Waals surface area contributed by atoms with Gasteiger partial charge < -0.3 is 10.2 Å². The normalized spacial score (nSPS) is 12.3. The Morgan fingerprint density at radius 1 is 0.368 bits per heavy atom. The molecule has 0 heterocycles. The summed E-state index contributed by atoms with van der Waals surface area (Å²) >= 11 is 0. The highest BCUT2D eigenvalue weighted by atomic mass is 16.5. The van der Waals surface area contributed by atoms with Crippen molar-refractivity contribution < 1.29 is 15.0 Å². The molecule has 0 aromatic carbocycles. The van der Waals surface area contributed by atoms with E-state index in [9.17, 15) is 15.0 Å². The number of unbranched alkanes of at least 4 members (excludes halogenated alkanes) is 40. The predicted molar refractivity (Wildman–Crippen MR) is 252 cm³/mol. The van der Waals surface area contributed by atoms with E-state index in [1.165, 1.54) is 238 Å². The minimum absolute atomic E-state index is 0.0432. The van der Waals surface area contributed by atoms with Crippen LogP contribution in [-0.4, -0.2) is 40.0 Å². The molecule has 0 saturated carbocycles. The van der Waals surface area contributed by atoms with Crippen LogP contribution >= 0.6 is 0 Å². The molecule has 0 fully saturated rings. The molecule has 5 heteroatoms. The van der Waals surface area contributed by atoms with Crippen molar-refractivity contribution in [3.05, 3.63) is 0 Å². The van der Waals surface area contributed by atoms with Crippen LogP contribution in [0.2, 0.25) is 0 Å². The van der Waals surface area contributed by atoms with E-state index in [-0.39, 0.29) is 5.91 Å². The van der Waals surface area contributed by atoms with Crippen molar-refractivity contribution in [1.82, 2.24) is 10.4 Å². The van der Waals surface area contributed by atoms with Crippen molar-refractivity contribution >= 4 is 5.91 Å². The smallest absolute Gasteiger partial charge is 0.234 e. The van der Waals surface area contributed by atoms with Crippen molar-refractivity contribution in [1.29, 1.82) is 0 Å². The molecule has 0 saturated heterocycles. The highest BCUT2D eigenvalue weighted by Crippen LogP contribution is 2.19. The van der Waals surface area contributed by atoms with Gasteiger partial charge in [0.25, 0.3) is 0 Å². The van der Waals surface area contributed by atoms with E-state index in [0.717, 1.165) is 38.5 Å². The van der Waals surface area contributed by atoms with E-state index in [1.807, 2.05) is 5.01 Å². The molecule has 342 valence electrons. The van der Waals surface area contributed by atoms with E-state index in [0.29, 0.717) is 19.4 Å². The maximum atomic E-state index is 13.1. The number of aliphatic hydroxyl groups is 2. The third-order valence-electron chi connectivity index (χ3n) is 12.6. The molecule has 0 aliphatic rings. The quantitative estimate of drug-likeness (QED) is 0.0325. The van der Waals surface area contributed by atoms with Gasteiger partial charge in [-0.05, 0) is 19.3 Å². The molecule has 1 unspecified atom stereocenters. The zero-order valence-corrected chi connectivity index (χ0v) is 39.4. The lowest BCUT2D eigenvalue weighted by Crippen LogP contribution is -2.53. The lowest BCUT2D eigenvalue weighted by Gasteiger charge is -2.33. The largest absolute Gasteiger partial charge is 0.367 e. The van der Waals surface area contributed by atoms with Crippen LogP contribution in [0.5, 0.6) is 0 Å². The summed E-state index contributed by atoms with van der Waals surface area (Å²) in [6.45, 7) is 7.55. The van der Waals surface area contributed by atoms with Crippen molar-refractivity contribution in [2.45, 2.75) is 322 Å². The Morgan fingerprint density at radius 2 is 0.614 bits per heavy atom. The number of carbonyl (C=O) groups is 1. The van der Waals surface area contributed by atoms with E-state index in [1.54, 1.807) is 0 Å². The Labute approximate surface area is 358 Å². The molecule has 0 aliphatic carbocycles. The van der Waals surface area contributed by atoms with Gasteiger partial charge in [0.15, 0.2) is 6.29 Å². The molecular formula is C52H106N2O3. The number of hydrazine groups is 1. The van der Waals surface area contributed by atoms with Crippen LogP contribution < -0.4 is 5.43 Å². The number of rotatable bonds is 49. The van der Waals surface area contributed by atoms with Crippen LogP contribution in [0.1, 0.15) is 310 Å². The second-order valence-corrected chi connectivity index (χ2v) is 18.4. The summed E-state index contributed by atoms with van der Waals surface area (Å²) in [4.78, 5) is 13.1. The van der Waals surface area contributed by atoms with Crippen molar-refractivity contribution in [2.75, 3.05) is 6.54 Å². The van der Waals surface area contributed by atoms with Gasteiger partial charge in [-0.25, -0.2) is 5.01 Å². The topological polar surface area (TPSA) is 72.8 Å². The Morgan fingerprint density at radius 3 is 0.895 bits per heavy atom. The first kappa shape index (κ1) is 56.4. The third-order valence-corrected chi connectivity index (χ3v) is 12.6. The second-order valence-electron chi connectivity index (χ2n) is 18.4. The van der Waals surface area contributed by atoms with Crippen molar-refractivity contribution in [2.24, 2.45) is 0 Å². The van der Waals surface area contributed by atoms with E-state index >= 15 is 0 Å². The first-order valence-corrected chi connectivity index (χ1v) is 26.5. The summed E-state index contributed by atoms with van der Waals surface area (Å²) in [7, 11) is 0. The second kappa shape index (κ2) is 48.0. The molecule has 1 amide bonds. The monoisotopic (exact) mass is 807 g/mol. The summed E-state index contributed by atoms with van der Waals surface area (Å²) in [5.41, 5.74) is 3.17. The van der Waals surface area contributed by atoms with E-state index in [2.05, 4.69) is 26.2 Å². The minimum atomic E-state index is -1.44. The molecular weight excluding hydrogens is 701 g/mol. The van der Waals surface area contributed by atoms with Crippen molar-refractivity contribution in [3.63, 3.8) is 0 Å². The van der Waals surface area contributed by atoms with Crippen LogP contribution in [0.25, 0.3) is 0 Å². The van der Waals surface area contributed by atoms with Gasteiger partial charge in [-0.1, -0.05) is 284 Å². The SMILES string of the molecule is CCCCCCCCCCCCCCCCCCCC(=O)NN(CCCCCCCCCCCCCCCC)C(CCCCCCCCCCCCCC)C(O)O. The summed E-state index contributed by atoms with van der Waals surface area (Å²) in [5.74, 6) is 0.0432. The van der Waals surface area contributed by atoms with Crippen LogP contribution in [0, 0.1) is 0 Å². The van der Waals surface area contributed by atoms with Gasteiger partial charge in [0.2, 0.25) is 5.91 Å². The zero-order valence-electron chi connectivity index (χ0n) is 39.4. The highest BCUT2D eigenvalue weighted by Gasteiger charge is 2.25. The maximum absolute atomic E-state index is 13.1. The Kier molecular flexibility index (Phi) is 47.5. The fourth-order valence-electron chi connectivity index (χ4n) is 8.67. The highest BCUT2D eigenvalue weighted by molar-refractivity contribution is 5.75. The van der Waals surface area contributed by atoms with Crippen LogP contribution in [0.4, 0.5) is 0 Å². The number of carbonyl (C=O) groups excluding carboxylic acids is 1. The van der Waals surface area contributed by atoms with E-state index in [4.69, 9.17) is 0 Å². The van der Waals surface area contributed by atoms with Crippen LogP contribution in [0.15, 0.2) is 0 Å². The first-order valence-electron chi connectivity index (χ1n) is 26.5. The van der Waals surface area contributed by atoms with Gasteiger partial charge in [0, 0.05) is 13.0 Å². The van der Waals surface area contributed by atoms with Crippen LogP contribution in [0.3, 0.4) is 0 Å². The zero-order chi connectivity index (χ0) is 41.5. The van der Waals surface area contributed by atoms with Gasteiger partial charge in [-0.3, -0.25) is 10.2 Å². The van der Waals surface area contributed by atoms with Gasteiger partial charge in [-0.15, -0.1) is 0 Å². The molecule has 1 atom stereocenters. The molecule has 5 nitrogen and oxygen atoms in total. The number of aliphatic hydroxyl groups excluding tert-OH is 1. The fourth-order valence-corrected chi connectivity index (χ4v) is 8.67. The number of nitrogens with one attached hydrogen (secondary N) is 1. The minimum Gasteiger partial charge on any atom is -0.367 e. The molecule has 57 heavy (non-hydrogen) atoms. The Balaban J connectivity index is 4.39. The molecule has 0 aromatic rings. The molecule has 0 spiro atoms. The lowest BCUT2D eigenvalue weighted by molar-refractivity contribution is -0.139. The molecule has 3 N–H and O–H groups in total. The number of nitrogens with zero attached hydrogens (tertiary/aromatic N) is 1. The third kappa shape index (κ3) is 43.3. The average molecular weight is 807 g/mol. The summed E-state index contributed by atoms with van der Waals surface area (Å²) in [6, 6.07) is -0.436. The predicted octanol–water partition coefficient (Wildman–Crippen LogP) is 16.6. The van der Waals surface area contributed by atoms with Crippen LogP contribution in [-0.2, 0) is 4.79 Å². The maximum Gasteiger partial charge on any atom is 0.234 e. The number of hydrogen-bond acceptors (Lipinski definition) is 4. The summed E-state index contributed by atoms with van der Waals surface area (Å²) in [6.07, 6.45) is 56.5. The number of amides is 1. The molecule has 0 radical (unpaired) electrons. The fraction of sp³-hybridized carbons (Fsp3) is 0.981. The standard InChI is InChI=1S/C52H106N2O3/c1-4-7-10-13-16-19-22-25-27-28-29-30-33-36-39-42-45-48-51(55)53-54(49-46-43-40-37-34-31-26-23-20-17-14-11-8-5-2)50(52(56)57)47-44-41-38-35-32-24-21-18-15-12-9-6-3/h50,52,56-57H,4-49H2,1-3H3,(H,53,55). The van der Waals surface area contributed by atoms with Gasteiger partial charge >= 0.3 is 0 Å². The van der Waals surface area contributed by atoms with Gasteiger partial charge in [0.05, 0.1) is 6.04 Å². The summed E-state index contributed by atoms with van der Waals surface area (Å²) in [5, 5.41) is 22.9. The number of hydrogen-bond donors (Lipinski definition) is 3. The molecule has 0 aliphatic heterocycles. The Hall–Kier alpha value is -0.650. The average Bonchev–Trinajstić information content (AvgIpc) is 3.20. The van der Waals surface area contributed by atoms with E-state index < -0.39 is 12.3 Å². The summed E-state index contributed by atoms with van der Waals surface area (Å²) < 4.78 is 0. The first-order chi connectivity index (χ1) is 28.1. The molecule has 0 aromatic heterocycles. The Bertz CT molecular complexity index is 762. The molecule has 0 bridgehead atoms. The lowest BCUT2D eigenvalue weighted by atomic mass is 10.0. The van der Waals surface area contributed by atoms with Gasteiger partial charge in [-0.2, -0.15) is 0 Å². The molecule has 0 rings (SSSR count). The van der Waals surface area contributed by atoms with Crippen molar-refractivity contribution in [3.8, 4) is 0 Å². The van der Waals surface area contributed by atoms with Gasteiger partial charge in [0.1, 0.15) is 0 Å².